The maximum Gasteiger partial charge on any atom is 0.435 e. The van der Waals surface area contributed by atoms with Gasteiger partial charge in [-0.05, 0) is 31.5 Å². The van der Waals surface area contributed by atoms with Gasteiger partial charge in [0.1, 0.15) is 21.9 Å². The summed E-state index contributed by atoms with van der Waals surface area (Å²) in [5, 5.41) is 10.2. The highest BCUT2D eigenvalue weighted by atomic mass is 32.1. The summed E-state index contributed by atoms with van der Waals surface area (Å²) in [5.41, 5.74) is 5.06. The van der Waals surface area contributed by atoms with E-state index in [0.717, 1.165) is 16.8 Å². The van der Waals surface area contributed by atoms with Gasteiger partial charge in [0.05, 0.1) is 11.9 Å². The van der Waals surface area contributed by atoms with E-state index in [2.05, 4.69) is 20.5 Å². The molecular formula is C21H18F5N7O2S. The molecule has 0 spiro atoms. The topological polar surface area (TPSA) is 121 Å². The normalized spacial score (nSPS) is 12.0. The van der Waals surface area contributed by atoms with Gasteiger partial charge in [-0.1, -0.05) is 0 Å². The van der Waals surface area contributed by atoms with E-state index < -0.39 is 42.3 Å². The Morgan fingerprint density at radius 2 is 1.89 bits per heavy atom. The summed E-state index contributed by atoms with van der Waals surface area (Å²) in [5.74, 6) is -1.76. The molecular weight excluding hydrogens is 509 g/mol. The molecule has 0 bridgehead atoms. The average molecular weight is 527 g/mol. The van der Waals surface area contributed by atoms with Gasteiger partial charge in [0.15, 0.2) is 5.69 Å². The van der Waals surface area contributed by atoms with E-state index in [-0.39, 0.29) is 32.0 Å². The van der Waals surface area contributed by atoms with Crippen molar-refractivity contribution in [1.82, 2.24) is 24.5 Å². The van der Waals surface area contributed by atoms with Crippen molar-refractivity contribution in [3.8, 4) is 11.1 Å². The molecule has 0 unspecified atom stereocenters. The number of aromatic nitrogens is 5. The Balaban J connectivity index is 1.84. The van der Waals surface area contributed by atoms with Gasteiger partial charge in [0.25, 0.3) is 12.3 Å². The Hall–Kier alpha value is -3.88. The Bertz CT molecular complexity index is 1500. The van der Waals surface area contributed by atoms with E-state index in [9.17, 15) is 31.5 Å². The lowest BCUT2D eigenvalue weighted by Gasteiger charge is -2.11. The van der Waals surface area contributed by atoms with E-state index in [0.29, 0.717) is 22.6 Å². The van der Waals surface area contributed by atoms with Crippen LogP contribution in [-0.2, 0) is 24.6 Å². The van der Waals surface area contributed by atoms with Crippen LogP contribution in [0.1, 0.15) is 38.9 Å². The highest BCUT2D eigenvalue weighted by Crippen LogP contribution is 2.43. The van der Waals surface area contributed by atoms with Crippen molar-refractivity contribution in [2.45, 2.75) is 33.0 Å². The fourth-order valence-electron chi connectivity index (χ4n) is 3.62. The Morgan fingerprint density at radius 3 is 2.42 bits per heavy atom. The van der Waals surface area contributed by atoms with Crippen LogP contribution < -0.4 is 11.1 Å². The third kappa shape index (κ3) is 4.53. The molecule has 0 saturated heterocycles. The van der Waals surface area contributed by atoms with Gasteiger partial charge >= 0.3 is 6.18 Å². The van der Waals surface area contributed by atoms with E-state index in [1.165, 1.54) is 17.8 Å². The van der Waals surface area contributed by atoms with Crippen molar-refractivity contribution >= 4 is 39.1 Å². The molecule has 0 aliphatic rings. The van der Waals surface area contributed by atoms with Crippen LogP contribution in [0.3, 0.4) is 0 Å². The van der Waals surface area contributed by atoms with E-state index in [1.54, 1.807) is 14.0 Å². The fourth-order valence-corrected chi connectivity index (χ4v) is 4.64. The molecule has 0 fully saturated rings. The largest absolute Gasteiger partial charge is 0.435 e. The molecule has 9 nitrogen and oxygen atoms in total. The number of rotatable bonds is 6. The lowest BCUT2D eigenvalue weighted by molar-refractivity contribution is -0.141. The minimum Gasteiger partial charge on any atom is -0.365 e. The summed E-state index contributed by atoms with van der Waals surface area (Å²) >= 11 is 0.712. The molecule has 0 aliphatic heterocycles. The van der Waals surface area contributed by atoms with E-state index >= 15 is 0 Å². The first-order valence-corrected chi connectivity index (χ1v) is 11.1. The number of nitrogens with one attached hydrogen (secondary N) is 1. The van der Waals surface area contributed by atoms with Gasteiger partial charge in [-0.3, -0.25) is 19.0 Å². The predicted octanol–water partition coefficient (Wildman–Crippen LogP) is 4.20. The maximum atomic E-state index is 13.6. The van der Waals surface area contributed by atoms with Gasteiger partial charge in [0, 0.05) is 29.4 Å². The predicted molar refractivity (Wildman–Crippen MR) is 121 cm³/mol. The summed E-state index contributed by atoms with van der Waals surface area (Å²) in [7, 11) is 1.65. The van der Waals surface area contributed by atoms with Crippen LogP contribution in [-0.4, -0.2) is 36.4 Å². The van der Waals surface area contributed by atoms with Gasteiger partial charge in [-0.25, -0.2) is 13.8 Å². The number of pyridine rings is 1. The standard InChI is InChI=1S/C21H18F5N7O2S/c1-8-4-13(21(24,25)26)31-33(8)7-14(34)30-16-15-10(11-6-28-32(3)9(11)2)5-12(18(22)23)29-20(15)36-17(16)19(27)35/h4-6,18H,7H2,1-3H3,(H2,27,35)(H,30,34). The Kier molecular flexibility index (Phi) is 6.28. The molecule has 0 radical (unpaired) electrons. The molecule has 4 aromatic rings. The molecule has 0 aromatic carbocycles. The van der Waals surface area contributed by atoms with Crippen molar-refractivity contribution in [2.75, 3.05) is 5.32 Å². The second-order valence-electron chi connectivity index (χ2n) is 7.89. The van der Waals surface area contributed by atoms with Gasteiger partial charge < -0.3 is 11.1 Å². The van der Waals surface area contributed by atoms with Crippen LogP contribution in [0.2, 0.25) is 0 Å². The van der Waals surface area contributed by atoms with Gasteiger partial charge in [-0.2, -0.15) is 23.4 Å². The molecule has 36 heavy (non-hydrogen) atoms. The van der Waals surface area contributed by atoms with E-state index in [1.807, 2.05) is 0 Å². The fraction of sp³-hybridized carbons (Fsp3) is 0.286. The summed E-state index contributed by atoms with van der Waals surface area (Å²) < 4.78 is 68.5. The highest BCUT2D eigenvalue weighted by Gasteiger charge is 2.34. The van der Waals surface area contributed by atoms with Crippen molar-refractivity contribution in [1.29, 1.82) is 0 Å². The quantitative estimate of drug-likeness (QED) is 0.364. The Morgan fingerprint density at radius 1 is 1.19 bits per heavy atom. The number of thiophene rings is 1. The molecule has 4 aromatic heterocycles. The first-order valence-electron chi connectivity index (χ1n) is 10.2. The number of carbonyl (C=O) groups is 2. The van der Waals surface area contributed by atoms with Gasteiger partial charge in [0.2, 0.25) is 5.91 Å². The number of nitrogens with zero attached hydrogens (tertiary/aromatic N) is 5. The van der Waals surface area contributed by atoms with Crippen molar-refractivity contribution in [3.63, 3.8) is 0 Å². The van der Waals surface area contributed by atoms with Crippen LogP contribution in [0, 0.1) is 13.8 Å². The molecule has 190 valence electrons. The molecule has 3 N–H and O–H groups in total. The van der Waals surface area contributed by atoms with Crippen molar-refractivity contribution in [3.05, 3.63) is 46.0 Å². The molecule has 4 heterocycles. The van der Waals surface area contributed by atoms with Crippen molar-refractivity contribution in [2.24, 2.45) is 12.8 Å². The average Bonchev–Trinajstić information content (AvgIpc) is 3.43. The van der Waals surface area contributed by atoms with Gasteiger partial charge in [-0.15, -0.1) is 11.3 Å². The number of halogens is 5. The zero-order chi connectivity index (χ0) is 26.5. The van der Waals surface area contributed by atoms with Crippen LogP contribution in [0.4, 0.5) is 27.6 Å². The van der Waals surface area contributed by atoms with Crippen LogP contribution in [0.5, 0.6) is 0 Å². The van der Waals surface area contributed by atoms with Crippen molar-refractivity contribution < 1.29 is 31.5 Å². The maximum absolute atomic E-state index is 13.6. The van der Waals surface area contributed by atoms with Crippen LogP contribution in [0.15, 0.2) is 18.3 Å². The minimum absolute atomic E-state index is 0.0183. The monoisotopic (exact) mass is 527 g/mol. The number of anilines is 1. The third-order valence-corrected chi connectivity index (χ3v) is 6.58. The molecule has 0 aliphatic carbocycles. The summed E-state index contributed by atoms with van der Waals surface area (Å²) in [6.07, 6.45) is -6.18. The minimum atomic E-state index is -4.69. The second kappa shape index (κ2) is 8.96. The Labute approximate surface area is 203 Å². The number of alkyl halides is 5. The number of hydrogen-bond donors (Lipinski definition) is 2. The second-order valence-corrected chi connectivity index (χ2v) is 8.89. The molecule has 15 heteroatoms. The molecule has 0 saturated carbocycles. The SMILES string of the molecule is Cc1c(-c2cc(C(F)F)nc3sc(C(N)=O)c(NC(=O)Cn4nc(C(F)(F)F)cc4C)c23)cnn1C. The number of nitrogens with two attached hydrogens (primary N) is 1. The zero-order valence-corrected chi connectivity index (χ0v) is 19.8. The van der Waals surface area contributed by atoms with Crippen LogP contribution >= 0.6 is 11.3 Å². The number of hydrogen-bond acceptors (Lipinski definition) is 6. The lowest BCUT2D eigenvalue weighted by Crippen LogP contribution is -2.22. The lowest BCUT2D eigenvalue weighted by atomic mass is 10.0. The number of primary amides is 1. The smallest absolute Gasteiger partial charge is 0.365 e. The summed E-state index contributed by atoms with van der Waals surface area (Å²) in [4.78, 5) is 28.8. The zero-order valence-electron chi connectivity index (χ0n) is 18.9. The van der Waals surface area contributed by atoms with Crippen LogP contribution in [0.25, 0.3) is 21.3 Å². The molecule has 2 amide bonds. The number of carbonyl (C=O) groups excluding carboxylic acids is 2. The number of fused-ring (bicyclic) bond motifs is 1. The summed E-state index contributed by atoms with van der Waals surface area (Å²) in [6.45, 7) is 2.44. The summed E-state index contributed by atoms with van der Waals surface area (Å²) in [6, 6.07) is 1.93. The number of amides is 2. The molecule has 4 rings (SSSR count). The number of aryl methyl sites for hydroxylation is 2. The highest BCUT2D eigenvalue weighted by molar-refractivity contribution is 7.21. The first-order chi connectivity index (χ1) is 16.8. The van der Waals surface area contributed by atoms with E-state index in [4.69, 9.17) is 5.73 Å². The molecule has 0 atom stereocenters. The third-order valence-electron chi connectivity index (χ3n) is 5.48. The first kappa shape index (κ1) is 25.2.